The Morgan fingerprint density at radius 1 is 0.808 bits per heavy atom. The number of nitriles is 2. The molecule has 7 nitrogen and oxygen atoms in total. The highest BCUT2D eigenvalue weighted by atomic mass is 16.1. The molecule has 0 aliphatic rings. The molecule has 1 aromatic heterocycles. The van der Waals surface area contributed by atoms with Crippen LogP contribution in [-0.2, 0) is 0 Å². The van der Waals surface area contributed by atoms with Gasteiger partial charge in [0.25, 0.3) is 5.91 Å². The molecule has 0 atom stereocenters. The SMILES string of the molecule is N#Cc1ccc(NC(=O)c2cnc(Nc3ccc(C#N)cc3)cn2)cc1. The smallest absolute Gasteiger partial charge is 0.275 e. The molecule has 0 bridgehead atoms. The Kier molecular flexibility index (Phi) is 4.83. The van der Waals surface area contributed by atoms with Crippen LogP contribution in [0.1, 0.15) is 21.6 Å². The summed E-state index contributed by atoms with van der Waals surface area (Å²) in [5, 5.41) is 23.3. The topological polar surface area (TPSA) is 114 Å². The molecule has 1 amide bonds. The standard InChI is InChI=1S/C19H12N6O/c20-9-13-1-5-15(6-2-13)24-18-12-22-17(11-23-18)19(26)25-16-7-3-14(10-21)4-8-16/h1-8,11-12H,(H,23,24)(H,25,26). The van der Waals surface area contributed by atoms with Crippen LogP contribution in [0.25, 0.3) is 0 Å². The molecule has 2 N–H and O–H groups in total. The van der Waals surface area contributed by atoms with E-state index >= 15 is 0 Å². The first-order valence-corrected chi connectivity index (χ1v) is 7.59. The maximum Gasteiger partial charge on any atom is 0.275 e. The van der Waals surface area contributed by atoms with Crippen LogP contribution in [0.2, 0.25) is 0 Å². The highest BCUT2D eigenvalue weighted by Gasteiger charge is 2.09. The third kappa shape index (κ3) is 3.99. The minimum Gasteiger partial charge on any atom is -0.339 e. The maximum atomic E-state index is 12.2. The van der Waals surface area contributed by atoms with Crippen LogP contribution < -0.4 is 10.6 Å². The van der Waals surface area contributed by atoms with Crippen molar-refractivity contribution in [3.05, 3.63) is 77.7 Å². The van der Waals surface area contributed by atoms with Crippen molar-refractivity contribution in [1.82, 2.24) is 9.97 Å². The van der Waals surface area contributed by atoms with Crippen LogP contribution in [0.15, 0.2) is 60.9 Å². The van der Waals surface area contributed by atoms with E-state index in [9.17, 15) is 4.79 Å². The summed E-state index contributed by atoms with van der Waals surface area (Å²) < 4.78 is 0. The lowest BCUT2D eigenvalue weighted by Gasteiger charge is -2.07. The van der Waals surface area contributed by atoms with Crippen molar-refractivity contribution in [2.24, 2.45) is 0 Å². The Bertz CT molecular complexity index is 996. The van der Waals surface area contributed by atoms with Crippen LogP contribution in [0.4, 0.5) is 17.2 Å². The first kappa shape index (κ1) is 16.6. The summed E-state index contributed by atoms with van der Waals surface area (Å²) in [6, 6.07) is 17.5. The van der Waals surface area contributed by atoms with Crippen LogP contribution >= 0.6 is 0 Å². The molecule has 3 rings (SSSR count). The van der Waals surface area contributed by atoms with Crippen molar-refractivity contribution in [2.45, 2.75) is 0 Å². The zero-order chi connectivity index (χ0) is 18.4. The van der Waals surface area contributed by atoms with E-state index < -0.39 is 5.91 Å². The van der Waals surface area contributed by atoms with Crippen molar-refractivity contribution in [3.8, 4) is 12.1 Å². The summed E-state index contributed by atoms with van der Waals surface area (Å²) >= 11 is 0. The molecule has 26 heavy (non-hydrogen) atoms. The highest BCUT2D eigenvalue weighted by molar-refractivity contribution is 6.02. The number of hydrogen-bond acceptors (Lipinski definition) is 6. The normalized spacial score (nSPS) is 9.62. The lowest BCUT2D eigenvalue weighted by atomic mass is 10.2. The first-order chi connectivity index (χ1) is 12.7. The average molecular weight is 340 g/mol. The van der Waals surface area contributed by atoms with E-state index in [2.05, 4.69) is 20.6 Å². The molecule has 0 saturated carbocycles. The summed E-state index contributed by atoms with van der Waals surface area (Å²) in [6.07, 6.45) is 2.82. The Hall–Kier alpha value is -4.23. The quantitative estimate of drug-likeness (QED) is 0.753. The number of nitrogens with one attached hydrogen (secondary N) is 2. The van der Waals surface area contributed by atoms with Crippen LogP contribution in [0, 0.1) is 22.7 Å². The van der Waals surface area contributed by atoms with Gasteiger partial charge in [0.2, 0.25) is 0 Å². The monoisotopic (exact) mass is 340 g/mol. The molecule has 0 saturated heterocycles. The predicted octanol–water partition coefficient (Wildman–Crippen LogP) is 3.22. The van der Waals surface area contributed by atoms with Crippen molar-refractivity contribution >= 4 is 23.1 Å². The Labute approximate surface area is 149 Å². The zero-order valence-corrected chi connectivity index (χ0v) is 13.5. The first-order valence-electron chi connectivity index (χ1n) is 7.59. The number of carbonyl (C=O) groups excluding carboxylic acids is 1. The predicted molar refractivity (Wildman–Crippen MR) is 95.6 cm³/mol. The van der Waals surface area contributed by atoms with Gasteiger partial charge in [-0.25, -0.2) is 9.97 Å². The number of benzene rings is 2. The second-order valence-electron chi connectivity index (χ2n) is 5.24. The Balaban J connectivity index is 1.65. The van der Waals surface area contributed by atoms with Gasteiger partial charge < -0.3 is 10.6 Å². The zero-order valence-electron chi connectivity index (χ0n) is 13.5. The number of hydrogen-bond donors (Lipinski definition) is 2. The fourth-order valence-electron chi connectivity index (χ4n) is 2.11. The summed E-state index contributed by atoms with van der Waals surface area (Å²) in [7, 11) is 0. The number of carbonyl (C=O) groups is 1. The Morgan fingerprint density at radius 2 is 1.38 bits per heavy atom. The summed E-state index contributed by atoms with van der Waals surface area (Å²) in [5.41, 5.74) is 2.57. The minimum absolute atomic E-state index is 0.166. The van der Waals surface area contributed by atoms with Crippen LogP contribution in [-0.4, -0.2) is 15.9 Å². The molecule has 7 heteroatoms. The summed E-state index contributed by atoms with van der Waals surface area (Å²) in [6.45, 7) is 0. The van der Waals surface area contributed by atoms with Crippen molar-refractivity contribution in [3.63, 3.8) is 0 Å². The van der Waals surface area contributed by atoms with Gasteiger partial charge in [-0.05, 0) is 48.5 Å². The van der Waals surface area contributed by atoms with Crippen molar-refractivity contribution < 1.29 is 4.79 Å². The molecule has 0 aliphatic carbocycles. The molecule has 0 spiro atoms. The molecule has 124 valence electrons. The molecule has 3 aromatic rings. The number of rotatable bonds is 4. The van der Waals surface area contributed by atoms with E-state index in [1.165, 1.54) is 12.4 Å². The van der Waals surface area contributed by atoms with Gasteiger partial charge in [-0.3, -0.25) is 4.79 Å². The summed E-state index contributed by atoms with van der Waals surface area (Å²) in [5.74, 6) is 0.0803. The molecule has 2 aromatic carbocycles. The van der Waals surface area contributed by atoms with Crippen LogP contribution in [0.5, 0.6) is 0 Å². The van der Waals surface area contributed by atoms with E-state index in [-0.39, 0.29) is 5.69 Å². The third-order valence-electron chi connectivity index (χ3n) is 3.44. The molecule has 1 heterocycles. The largest absolute Gasteiger partial charge is 0.339 e. The molecule has 0 fully saturated rings. The molecular weight excluding hydrogens is 328 g/mol. The third-order valence-corrected chi connectivity index (χ3v) is 3.44. The van der Waals surface area contributed by atoms with E-state index in [1.807, 2.05) is 12.1 Å². The fraction of sp³-hybridized carbons (Fsp3) is 0. The summed E-state index contributed by atoms with van der Waals surface area (Å²) in [4.78, 5) is 20.4. The van der Waals surface area contributed by atoms with E-state index in [4.69, 9.17) is 10.5 Å². The van der Waals surface area contributed by atoms with E-state index in [0.717, 1.165) is 5.69 Å². The van der Waals surface area contributed by atoms with E-state index in [1.54, 1.807) is 48.5 Å². The van der Waals surface area contributed by atoms with Gasteiger partial charge in [0.15, 0.2) is 0 Å². The number of nitrogens with zero attached hydrogens (tertiary/aromatic N) is 4. The highest BCUT2D eigenvalue weighted by Crippen LogP contribution is 2.15. The molecule has 0 radical (unpaired) electrons. The van der Waals surface area contributed by atoms with Gasteiger partial charge in [0.05, 0.1) is 35.7 Å². The lowest BCUT2D eigenvalue weighted by molar-refractivity contribution is 0.102. The maximum absolute atomic E-state index is 12.2. The minimum atomic E-state index is -0.396. The van der Waals surface area contributed by atoms with Crippen molar-refractivity contribution in [1.29, 1.82) is 10.5 Å². The fourth-order valence-corrected chi connectivity index (χ4v) is 2.11. The average Bonchev–Trinajstić information content (AvgIpc) is 2.69. The Morgan fingerprint density at radius 3 is 1.88 bits per heavy atom. The number of amides is 1. The lowest BCUT2D eigenvalue weighted by Crippen LogP contribution is -2.14. The second kappa shape index (κ2) is 7.56. The number of anilines is 3. The van der Waals surface area contributed by atoms with Gasteiger partial charge in [0.1, 0.15) is 11.5 Å². The van der Waals surface area contributed by atoms with Gasteiger partial charge in [-0.1, -0.05) is 0 Å². The van der Waals surface area contributed by atoms with Gasteiger partial charge in [-0.15, -0.1) is 0 Å². The van der Waals surface area contributed by atoms with Crippen LogP contribution in [0.3, 0.4) is 0 Å². The van der Waals surface area contributed by atoms with Gasteiger partial charge in [-0.2, -0.15) is 10.5 Å². The van der Waals surface area contributed by atoms with Gasteiger partial charge >= 0.3 is 0 Å². The second-order valence-corrected chi connectivity index (χ2v) is 5.24. The van der Waals surface area contributed by atoms with Gasteiger partial charge in [0, 0.05) is 11.4 Å². The van der Waals surface area contributed by atoms with Crippen molar-refractivity contribution in [2.75, 3.05) is 10.6 Å². The van der Waals surface area contributed by atoms with E-state index in [0.29, 0.717) is 22.6 Å². The molecule has 0 unspecified atom stereocenters. The molecular formula is C19H12N6O. The number of aromatic nitrogens is 2. The molecule has 0 aliphatic heterocycles.